The summed E-state index contributed by atoms with van der Waals surface area (Å²) in [6.45, 7) is 1.10. The van der Waals surface area contributed by atoms with E-state index in [4.69, 9.17) is 0 Å². The second kappa shape index (κ2) is 9.09. The molecule has 0 radical (unpaired) electrons. The van der Waals surface area contributed by atoms with Gasteiger partial charge in [0.25, 0.3) is 11.6 Å². The molecule has 7 rings (SSSR count). The standard InChI is InChI=1S/C27H32N4O5S/c32-26(28-27-16-19-12-20(17-27)14-21(13-19)18-27)22-6-7-24(25(15-22)31(33)34)29-8-10-30(11-9-29)37(35,36)23-4-2-1-3-5-23/h1-7,15,19-21H,8-14,16-18H2,(H,28,32). The van der Waals surface area contributed by atoms with Gasteiger partial charge in [-0.25, -0.2) is 8.42 Å². The van der Waals surface area contributed by atoms with E-state index in [0.717, 1.165) is 19.3 Å². The minimum atomic E-state index is -3.61. The van der Waals surface area contributed by atoms with Crippen molar-refractivity contribution in [1.82, 2.24) is 9.62 Å². The van der Waals surface area contributed by atoms with Gasteiger partial charge in [0.05, 0.1) is 9.82 Å². The predicted molar refractivity (Wildman–Crippen MR) is 139 cm³/mol. The maximum Gasteiger partial charge on any atom is 0.293 e. The number of hydrogen-bond acceptors (Lipinski definition) is 6. The fourth-order valence-electron chi connectivity index (χ4n) is 7.57. The number of carbonyl (C=O) groups is 1. The number of benzene rings is 2. The van der Waals surface area contributed by atoms with Gasteiger partial charge < -0.3 is 10.2 Å². The first-order chi connectivity index (χ1) is 17.7. The van der Waals surface area contributed by atoms with Crippen molar-refractivity contribution >= 4 is 27.3 Å². The molecule has 9 nitrogen and oxygen atoms in total. The number of nitrogens with one attached hydrogen (secondary N) is 1. The lowest BCUT2D eigenvalue weighted by Crippen LogP contribution is -2.59. The molecule has 0 spiro atoms. The Hall–Kier alpha value is -2.98. The Morgan fingerprint density at radius 1 is 0.919 bits per heavy atom. The lowest BCUT2D eigenvalue weighted by Gasteiger charge is -2.56. The molecule has 10 heteroatoms. The van der Waals surface area contributed by atoms with Crippen LogP contribution in [-0.4, -0.2) is 55.3 Å². The van der Waals surface area contributed by atoms with Crippen LogP contribution in [0.25, 0.3) is 0 Å². The minimum Gasteiger partial charge on any atom is -0.363 e. The number of anilines is 1. The summed E-state index contributed by atoms with van der Waals surface area (Å²) >= 11 is 0. The highest BCUT2D eigenvalue weighted by Crippen LogP contribution is 2.55. The Morgan fingerprint density at radius 3 is 2.08 bits per heavy atom. The van der Waals surface area contributed by atoms with Crippen LogP contribution in [0.5, 0.6) is 0 Å². The molecule has 37 heavy (non-hydrogen) atoms. The third-order valence-electron chi connectivity index (χ3n) is 8.81. The van der Waals surface area contributed by atoms with E-state index in [1.54, 1.807) is 42.5 Å². The van der Waals surface area contributed by atoms with Gasteiger partial charge in [-0.3, -0.25) is 14.9 Å². The van der Waals surface area contributed by atoms with Crippen molar-refractivity contribution in [3.05, 3.63) is 64.2 Å². The number of nitro benzene ring substituents is 1. The zero-order valence-corrected chi connectivity index (χ0v) is 21.5. The Labute approximate surface area is 217 Å². The molecule has 0 atom stereocenters. The zero-order valence-electron chi connectivity index (χ0n) is 20.7. The molecule has 1 heterocycles. The topological polar surface area (TPSA) is 113 Å². The highest BCUT2D eigenvalue weighted by atomic mass is 32.2. The second-order valence-corrected chi connectivity index (χ2v) is 13.3. The van der Waals surface area contributed by atoms with E-state index >= 15 is 0 Å². The normalized spacial score (nSPS) is 29.3. The van der Waals surface area contributed by atoms with Crippen molar-refractivity contribution in [3.8, 4) is 0 Å². The first-order valence-corrected chi connectivity index (χ1v) is 14.6. The zero-order chi connectivity index (χ0) is 25.8. The first-order valence-electron chi connectivity index (χ1n) is 13.1. The largest absolute Gasteiger partial charge is 0.363 e. The lowest BCUT2D eigenvalue weighted by molar-refractivity contribution is -0.384. The van der Waals surface area contributed by atoms with Crippen LogP contribution in [0.2, 0.25) is 0 Å². The molecular weight excluding hydrogens is 492 g/mol. The Bertz CT molecular complexity index is 1290. The van der Waals surface area contributed by atoms with Crippen molar-refractivity contribution in [2.75, 3.05) is 31.1 Å². The summed E-state index contributed by atoms with van der Waals surface area (Å²) < 4.78 is 27.3. The predicted octanol–water partition coefficient (Wildman–Crippen LogP) is 3.80. The van der Waals surface area contributed by atoms with Crippen molar-refractivity contribution < 1.29 is 18.1 Å². The molecule has 2 aromatic carbocycles. The van der Waals surface area contributed by atoms with Gasteiger partial charge >= 0.3 is 0 Å². The molecule has 0 aromatic heterocycles. The van der Waals surface area contributed by atoms with Crippen molar-refractivity contribution in [2.24, 2.45) is 17.8 Å². The van der Waals surface area contributed by atoms with Crippen LogP contribution in [0.3, 0.4) is 0 Å². The summed E-state index contributed by atoms with van der Waals surface area (Å²) in [5.41, 5.74) is 0.418. The summed E-state index contributed by atoms with van der Waals surface area (Å²) in [6.07, 6.45) is 6.86. The Kier molecular flexibility index (Phi) is 5.99. The van der Waals surface area contributed by atoms with Crippen molar-refractivity contribution in [3.63, 3.8) is 0 Å². The molecule has 0 unspecified atom stereocenters. The van der Waals surface area contributed by atoms with Crippen LogP contribution in [0.4, 0.5) is 11.4 Å². The van der Waals surface area contributed by atoms with Gasteiger partial charge in [0, 0.05) is 43.3 Å². The number of hydrogen-bond donors (Lipinski definition) is 1. The summed E-state index contributed by atoms with van der Waals surface area (Å²) in [4.78, 5) is 26.9. The number of sulfonamides is 1. The highest BCUT2D eigenvalue weighted by Gasteiger charge is 2.51. The summed E-state index contributed by atoms with van der Waals surface area (Å²) in [5.74, 6) is 1.82. The minimum absolute atomic E-state index is 0.127. The smallest absolute Gasteiger partial charge is 0.293 e. The second-order valence-electron chi connectivity index (χ2n) is 11.3. The quantitative estimate of drug-likeness (QED) is 0.454. The summed E-state index contributed by atoms with van der Waals surface area (Å²) in [6, 6.07) is 12.9. The monoisotopic (exact) mass is 524 g/mol. The van der Waals surface area contributed by atoms with Crippen LogP contribution in [0, 0.1) is 27.9 Å². The van der Waals surface area contributed by atoms with E-state index < -0.39 is 14.9 Å². The maximum atomic E-state index is 13.3. The maximum absolute atomic E-state index is 13.3. The van der Waals surface area contributed by atoms with Gasteiger partial charge in [-0.05, 0) is 80.5 Å². The molecular formula is C27H32N4O5S. The number of amides is 1. The molecule has 4 saturated carbocycles. The fraction of sp³-hybridized carbons (Fsp3) is 0.519. The number of rotatable bonds is 6. The third kappa shape index (κ3) is 4.50. The van der Waals surface area contributed by atoms with Crippen LogP contribution >= 0.6 is 0 Å². The molecule has 1 saturated heterocycles. The SMILES string of the molecule is O=C(NC12CC3CC(CC(C3)C1)C2)c1ccc(N2CCN(S(=O)(=O)c3ccccc3)CC2)c([N+](=O)[O-])c1. The van der Waals surface area contributed by atoms with Gasteiger partial charge in [0.15, 0.2) is 0 Å². The molecule has 1 amide bonds. The van der Waals surface area contributed by atoms with E-state index in [-0.39, 0.29) is 35.1 Å². The first kappa shape index (κ1) is 24.4. The van der Waals surface area contributed by atoms with E-state index in [1.165, 1.54) is 29.6 Å². The van der Waals surface area contributed by atoms with Crippen molar-refractivity contribution in [2.45, 2.75) is 49.0 Å². The lowest BCUT2D eigenvalue weighted by atomic mass is 9.53. The van der Waals surface area contributed by atoms with Crippen LogP contribution < -0.4 is 10.2 Å². The van der Waals surface area contributed by atoms with Gasteiger partial charge in [-0.1, -0.05) is 18.2 Å². The molecule has 4 bridgehead atoms. The highest BCUT2D eigenvalue weighted by molar-refractivity contribution is 7.89. The fourth-order valence-corrected chi connectivity index (χ4v) is 9.01. The van der Waals surface area contributed by atoms with Crippen molar-refractivity contribution in [1.29, 1.82) is 0 Å². The molecule has 5 fully saturated rings. The van der Waals surface area contributed by atoms with Gasteiger partial charge in [-0.2, -0.15) is 4.31 Å². The molecule has 2 aromatic rings. The number of piperazine rings is 1. The van der Waals surface area contributed by atoms with E-state index in [1.807, 2.05) is 4.90 Å². The van der Waals surface area contributed by atoms with Crippen LogP contribution in [0.15, 0.2) is 53.4 Å². The molecule has 4 aliphatic carbocycles. The van der Waals surface area contributed by atoms with E-state index in [2.05, 4.69) is 5.32 Å². The van der Waals surface area contributed by atoms with Crippen LogP contribution in [0.1, 0.15) is 48.9 Å². The Morgan fingerprint density at radius 2 is 1.51 bits per heavy atom. The summed E-state index contributed by atoms with van der Waals surface area (Å²) in [7, 11) is -3.61. The summed E-state index contributed by atoms with van der Waals surface area (Å²) in [5, 5.41) is 15.3. The van der Waals surface area contributed by atoms with E-state index in [0.29, 0.717) is 42.1 Å². The molecule has 1 N–H and O–H groups in total. The van der Waals surface area contributed by atoms with Crippen LogP contribution in [-0.2, 0) is 10.0 Å². The molecule has 196 valence electrons. The van der Waals surface area contributed by atoms with Gasteiger partial charge in [0.2, 0.25) is 10.0 Å². The van der Waals surface area contributed by atoms with E-state index in [9.17, 15) is 23.3 Å². The molecule has 1 aliphatic heterocycles. The average Bonchev–Trinajstić information content (AvgIpc) is 2.88. The molecule has 5 aliphatic rings. The number of nitrogens with zero attached hydrogens (tertiary/aromatic N) is 3. The van der Waals surface area contributed by atoms with Gasteiger partial charge in [0.1, 0.15) is 5.69 Å². The third-order valence-corrected chi connectivity index (χ3v) is 10.7. The number of carbonyl (C=O) groups excluding carboxylic acids is 1. The Balaban J connectivity index is 1.17. The average molecular weight is 525 g/mol. The number of nitro groups is 1. The van der Waals surface area contributed by atoms with Gasteiger partial charge in [-0.15, -0.1) is 0 Å².